The van der Waals surface area contributed by atoms with E-state index in [0.29, 0.717) is 28.9 Å². The van der Waals surface area contributed by atoms with E-state index in [1.54, 1.807) is 31.5 Å². The zero-order chi connectivity index (χ0) is 23.2. The van der Waals surface area contributed by atoms with Gasteiger partial charge >= 0.3 is 0 Å². The average Bonchev–Trinajstić information content (AvgIpc) is 3.30. The van der Waals surface area contributed by atoms with Crippen LogP contribution < -0.4 is 20.5 Å². The third kappa shape index (κ3) is 3.51. The second-order valence-corrected chi connectivity index (χ2v) is 8.95. The molecular formula is C26H24N4O4. The molecule has 34 heavy (non-hydrogen) atoms. The van der Waals surface area contributed by atoms with E-state index in [2.05, 4.69) is 21.3 Å². The van der Waals surface area contributed by atoms with Crippen LogP contribution in [-0.2, 0) is 6.54 Å². The van der Waals surface area contributed by atoms with Crippen molar-refractivity contribution in [3.05, 3.63) is 82.6 Å². The molecule has 2 unspecified atom stereocenters. The van der Waals surface area contributed by atoms with Crippen molar-refractivity contribution in [2.24, 2.45) is 5.92 Å². The molecule has 3 aromatic heterocycles. The van der Waals surface area contributed by atoms with Gasteiger partial charge in [0.25, 0.3) is 11.5 Å². The summed E-state index contributed by atoms with van der Waals surface area (Å²) in [6.07, 6.45) is 2.76. The topological polar surface area (TPSA) is 89.6 Å². The van der Waals surface area contributed by atoms with Crippen LogP contribution in [0.3, 0.4) is 0 Å². The smallest absolute Gasteiger partial charge is 0.291 e. The Morgan fingerprint density at radius 2 is 2.00 bits per heavy atom. The van der Waals surface area contributed by atoms with E-state index in [1.165, 1.54) is 0 Å². The number of nitrogens with one attached hydrogen (secondary N) is 1. The third-order valence-corrected chi connectivity index (χ3v) is 6.76. The number of aromatic nitrogens is 2. The van der Waals surface area contributed by atoms with Gasteiger partial charge in [-0.05, 0) is 42.7 Å². The van der Waals surface area contributed by atoms with Crippen LogP contribution in [0.2, 0.25) is 0 Å². The molecule has 0 saturated carbocycles. The number of hydrogen-bond donors (Lipinski definition) is 1. The number of piperidine rings is 1. The molecule has 5 heterocycles. The van der Waals surface area contributed by atoms with Crippen molar-refractivity contribution in [3.8, 4) is 5.75 Å². The van der Waals surface area contributed by atoms with Crippen molar-refractivity contribution in [2.45, 2.75) is 18.9 Å². The fourth-order valence-corrected chi connectivity index (χ4v) is 5.23. The minimum Gasteiger partial charge on any atom is -0.493 e. The lowest BCUT2D eigenvalue weighted by Gasteiger charge is -2.43. The van der Waals surface area contributed by atoms with Crippen LogP contribution >= 0.6 is 0 Å². The van der Waals surface area contributed by atoms with Crippen molar-refractivity contribution in [1.82, 2.24) is 9.55 Å². The zero-order valence-corrected chi connectivity index (χ0v) is 18.7. The van der Waals surface area contributed by atoms with Gasteiger partial charge in [-0.1, -0.05) is 18.2 Å². The molecule has 0 aliphatic carbocycles. The molecule has 1 saturated heterocycles. The quantitative estimate of drug-likeness (QED) is 0.501. The van der Waals surface area contributed by atoms with Gasteiger partial charge in [0.2, 0.25) is 0 Å². The fourth-order valence-electron chi connectivity index (χ4n) is 5.23. The first kappa shape index (κ1) is 20.5. The Bertz CT molecular complexity index is 1440. The number of benzene rings is 1. The number of carbonyl (C=O) groups is 1. The minimum absolute atomic E-state index is 0.0850. The highest BCUT2D eigenvalue weighted by Crippen LogP contribution is 2.36. The van der Waals surface area contributed by atoms with Gasteiger partial charge in [-0.25, -0.2) is 4.98 Å². The summed E-state index contributed by atoms with van der Waals surface area (Å²) in [5, 5.41) is 3.66. The predicted molar refractivity (Wildman–Crippen MR) is 129 cm³/mol. The first-order chi connectivity index (χ1) is 16.6. The number of ether oxygens (including phenoxy) is 1. The van der Waals surface area contributed by atoms with Crippen LogP contribution in [-0.4, -0.2) is 35.7 Å². The van der Waals surface area contributed by atoms with Gasteiger partial charge < -0.3 is 23.9 Å². The summed E-state index contributed by atoms with van der Waals surface area (Å²) in [7, 11) is 1.57. The van der Waals surface area contributed by atoms with Crippen molar-refractivity contribution in [1.29, 1.82) is 0 Å². The summed E-state index contributed by atoms with van der Waals surface area (Å²) in [6.45, 7) is 2.43. The molecule has 2 aliphatic rings. The van der Waals surface area contributed by atoms with E-state index in [4.69, 9.17) is 9.15 Å². The molecular weight excluding hydrogens is 432 g/mol. The van der Waals surface area contributed by atoms with Crippen LogP contribution in [0.15, 0.2) is 70.0 Å². The highest BCUT2D eigenvalue weighted by atomic mass is 16.5. The van der Waals surface area contributed by atoms with Gasteiger partial charge in [0.05, 0.1) is 19.0 Å². The van der Waals surface area contributed by atoms with E-state index < -0.39 is 0 Å². The lowest BCUT2D eigenvalue weighted by Crippen LogP contribution is -2.47. The van der Waals surface area contributed by atoms with Gasteiger partial charge in [-0.2, -0.15) is 0 Å². The molecule has 6 rings (SSSR count). The van der Waals surface area contributed by atoms with Gasteiger partial charge in [-0.15, -0.1) is 0 Å². The van der Waals surface area contributed by atoms with Crippen LogP contribution in [0, 0.1) is 5.92 Å². The summed E-state index contributed by atoms with van der Waals surface area (Å²) in [6, 6.07) is 16.5. The summed E-state index contributed by atoms with van der Waals surface area (Å²) in [5.74, 6) is 2.04. The van der Waals surface area contributed by atoms with Crippen molar-refractivity contribution in [2.75, 3.05) is 30.4 Å². The Labute approximate surface area is 195 Å². The number of amides is 1. The van der Waals surface area contributed by atoms with E-state index in [1.807, 2.05) is 34.9 Å². The highest BCUT2D eigenvalue weighted by Gasteiger charge is 2.34. The average molecular weight is 457 g/mol. The lowest BCUT2D eigenvalue weighted by atomic mass is 9.83. The number of rotatable bonds is 4. The Morgan fingerprint density at radius 1 is 1.12 bits per heavy atom. The monoisotopic (exact) mass is 456 g/mol. The molecule has 2 aliphatic heterocycles. The Hall–Kier alpha value is -4.07. The number of nitrogens with zero attached hydrogens (tertiary/aromatic N) is 3. The maximum absolute atomic E-state index is 12.7. The molecule has 4 aromatic rings. The summed E-state index contributed by atoms with van der Waals surface area (Å²) in [5.41, 5.74) is 2.33. The molecule has 0 spiro atoms. The molecule has 1 N–H and O–H groups in total. The number of pyridine rings is 2. The largest absolute Gasteiger partial charge is 0.493 e. The SMILES string of the molecule is COc1cccc2cc(C(=O)Nc3ccc(N4CC5CC(C4)c4cccc(=O)n4C5)nc3)oc12. The molecule has 2 atom stereocenters. The zero-order valence-electron chi connectivity index (χ0n) is 18.7. The molecule has 1 aromatic carbocycles. The molecule has 1 amide bonds. The van der Waals surface area contributed by atoms with Crippen LogP contribution in [0.25, 0.3) is 11.0 Å². The number of anilines is 2. The minimum atomic E-state index is -0.345. The molecule has 172 valence electrons. The number of fused-ring (bicyclic) bond motifs is 5. The fraction of sp³-hybridized carbons (Fsp3) is 0.269. The molecule has 8 nitrogen and oxygen atoms in total. The molecule has 2 bridgehead atoms. The van der Waals surface area contributed by atoms with Gasteiger partial charge in [-0.3, -0.25) is 9.59 Å². The molecule has 8 heteroatoms. The summed E-state index contributed by atoms with van der Waals surface area (Å²) >= 11 is 0. The number of methoxy groups -OCH3 is 1. The highest BCUT2D eigenvalue weighted by molar-refractivity contribution is 6.05. The maximum atomic E-state index is 12.7. The number of carbonyl (C=O) groups excluding carboxylic acids is 1. The Balaban J connectivity index is 1.17. The number of para-hydroxylation sites is 1. The summed E-state index contributed by atoms with van der Waals surface area (Å²) in [4.78, 5) is 31.9. The van der Waals surface area contributed by atoms with Crippen LogP contribution in [0.5, 0.6) is 5.75 Å². The number of hydrogen-bond acceptors (Lipinski definition) is 6. The van der Waals surface area contributed by atoms with E-state index in [9.17, 15) is 9.59 Å². The van der Waals surface area contributed by atoms with E-state index in [-0.39, 0.29) is 17.2 Å². The second-order valence-electron chi connectivity index (χ2n) is 8.95. The first-order valence-corrected chi connectivity index (χ1v) is 11.4. The van der Waals surface area contributed by atoms with E-state index >= 15 is 0 Å². The van der Waals surface area contributed by atoms with E-state index in [0.717, 1.165) is 43.0 Å². The molecule has 1 fully saturated rings. The van der Waals surface area contributed by atoms with Crippen LogP contribution in [0.1, 0.15) is 28.6 Å². The second kappa shape index (κ2) is 8.06. The maximum Gasteiger partial charge on any atom is 0.291 e. The lowest BCUT2D eigenvalue weighted by molar-refractivity contribution is 0.0998. The number of furan rings is 1. The van der Waals surface area contributed by atoms with Crippen molar-refractivity contribution < 1.29 is 13.9 Å². The normalized spacial score (nSPS) is 19.0. The first-order valence-electron chi connectivity index (χ1n) is 11.4. The Kier molecular flexibility index (Phi) is 4.86. The Morgan fingerprint density at radius 3 is 2.82 bits per heavy atom. The molecule has 0 radical (unpaired) electrons. The van der Waals surface area contributed by atoms with Gasteiger partial charge in [0.15, 0.2) is 17.1 Å². The van der Waals surface area contributed by atoms with Gasteiger partial charge in [0, 0.05) is 42.7 Å². The predicted octanol–water partition coefficient (Wildman–Crippen LogP) is 3.87. The van der Waals surface area contributed by atoms with Crippen LogP contribution in [0.4, 0.5) is 11.5 Å². The standard InChI is InChI=1S/C26H24N4O4/c1-33-21-6-2-4-17-11-22(34-25(17)21)26(32)28-19-8-9-23(27-12-19)29-13-16-10-18(15-29)20-5-3-7-24(31)30(20)14-16/h2-9,11-12,16,18H,10,13-15H2,1H3,(H,28,32). The van der Waals surface area contributed by atoms with Gasteiger partial charge in [0.1, 0.15) is 5.82 Å². The summed E-state index contributed by atoms with van der Waals surface area (Å²) < 4.78 is 13.0. The van der Waals surface area contributed by atoms with Crippen molar-refractivity contribution in [3.63, 3.8) is 0 Å². The third-order valence-electron chi connectivity index (χ3n) is 6.76. The van der Waals surface area contributed by atoms with Crippen molar-refractivity contribution >= 4 is 28.4 Å².